The van der Waals surface area contributed by atoms with Crippen LogP contribution in [0.5, 0.6) is 0 Å². The van der Waals surface area contributed by atoms with Crippen LogP contribution in [-0.2, 0) is 4.79 Å². The molecule has 1 fully saturated rings. The van der Waals surface area contributed by atoms with Crippen LogP contribution < -0.4 is 16.4 Å². The molecule has 0 aromatic heterocycles. The molecule has 1 aliphatic carbocycles. The second kappa shape index (κ2) is 13.0. The molecule has 0 radical (unpaired) electrons. The zero-order valence-electron chi connectivity index (χ0n) is 26.0. The number of hydrazone groups is 1. The van der Waals surface area contributed by atoms with Crippen molar-refractivity contribution in [2.24, 2.45) is 21.4 Å². The fraction of sp³-hybridized carbons (Fsp3) is 0.545. The number of rotatable bonds is 9. The van der Waals surface area contributed by atoms with Gasteiger partial charge in [-0.2, -0.15) is 10.6 Å². The largest absolute Gasteiger partial charge is 0.374 e. The van der Waals surface area contributed by atoms with Crippen LogP contribution in [0, 0.1) is 11.3 Å². The van der Waals surface area contributed by atoms with Gasteiger partial charge in [0, 0.05) is 24.2 Å². The molecule has 0 saturated heterocycles. The highest BCUT2D eigenvalue weighted by Gasteiger charge is 2.52. The molecule has 0 bridgehead atoms. The molecule has 10 heteroatoms. The van der Waals surface area contributed by atoms with Gasteiger partial charge in [-0.05, 0) is 66.7 Å². The summed E-state index contributed by atoms with van der Waals surface area (Å²) in [5.41, 5.74) is 9.27. The third kappa shape index (κ3) is 6.97. The number of halogens is 1. The molecule has 2 aromatic carbocycles. The van der Waals surface area contributed by atoms with Gasteiger partial charge in [-0.1, -0.05) is 82.1 Å². The number of nitrogens with zero attached hydrogens (tertiary/aromatic N) is 4. The van der Waals surface area contributed by atoms with E-state index < -0.39 is 11.9 Å². The van der Waals surface area contributed by atoms with Crippen LogP contribution in [0.3, 0.4) is 0 Å². The van der Waals surface area contributed by atoms with Crippen LogP contribution >= 0.6 is 11.6 Å². The average molecular weight is 608 g/mol. The van der Waals surface area contributed by atoms with Crippen molar-refractivity contribution in [1.29, 1.82) is 0 Å². The van der Waals surface area contributed by atoms with Crippen LogP contribution in [0.15, 0.2) is 58.6 Å². The highest BCUT2D eigenvalue weighted by atomic mass is 35.5. The van der Waals surface area contributed by atoms with Gasteiger partial charge in [-0.25, -0.2) is 10.5 Å². The fourth-order valence-electron chi connectivity index (χ4n) is 6.75. The third-order valence-corrected chi connectivity index (χ3v) is 9.42. The molecule has 232 valence electrons. The number of aliphatic hydroxyl groups is 1. The van der Waals surface area contributed by atoms with E-state index in [4.69, 9.17) is 16.6 Å². The molecule has 1 spiro atoms. The smallest absolute Gasteiger partial charge is 0.275 e. The molecule has 9 nitrogen and oxygen atoms in total. The number of aliphatic hydroxyl groups excluding tert-OH is 1. The van der Waals surface area contributed by atoms with Gasteiger partial charge in [-0.15, -0.1) is 0 Å². The van der Waals surface area contributed by atoms with Crippen molar-refractivity contribution in [1.82, 2.24) is 26.3 Å². The first-order valence-electron chi connectivity index (χ1n) is 15.5. The summed E-state index contributed by atoms with van der Waals surface area (Å²) in [7, 11) is 1.91. The topological polar surface area (TPSA) is 105 Å². The van der Waals surface area contributed by atoms with Gasteiger partial charge >= 0.3 is 0 Å². The second-order valence-electron chi connectivity index (χ2n) is 13.3. The maximum Gasteiger partial charge on any atom is 0.275 e. The van der Waals surface area contributed by atoms with E-state index in [0.29, 0.717) is 29.7 Å². The summed E-state index contributed by atoms with van der Waals surface area (Å²) < 4.78 is 0. The predicted molar refractivity (Wildman–Crippen MR) is 172 cm³/mol. The zero-order valence-corrected chi connectivity index (χ0v) is 26.8. The molecule has 5 rings (SSSR count). The van der Waals surface area contributed by atoms with Crippen LogP contribution in [0.4, 0.5) is 0 Å². The molecule has 2 heterocycles. The summed E-state index contributed by atoms with van der Waals surface area (Å²) in [4.78, 5) is 21.7. The molecule has 2 atom stereocenters. The molecule has 3 aliphatic rings. The molecule has 4 N–H and O–H groups in total. The molecule has 1 amide bonds. The van der Waals surface area contributed by atoms with Crippen LogP contribution in [0.2, 0.25) is 5.02 Å². The first kappa shape index (κ1) is 31.6. The highest BCUT2D eigenvalue weighted by molar-refractivity contribution is 6.47. The SMILES string of the molecule is CCCC(c1ccc(C(O)NCC2=NNNN(C)C2)cc1)N1C(=O)C(c2cccc(Cl)c2)=NC12CCC(C(C)(C)C)CC2. The lowest BCUT2D eigenvalue weighted by Gasteiger charge is -2.47. The number of carbonyl (C=O) groups is 1. The normalized spacial score (nSPS) is 24.5. The summed E-state index contributed by atoms with van der Waals surface area (Å²) in [6, 6.07) is 15.4. The van der Waals surface area contributed by atoms with Crippen molar-refractivity contribution < 1.29 is 9.90 Å². The zero-order chi connectivity index (χ0) is 30.8. The van der Waals surface area contributed by atoms with Crippen LogP contribution in [-0.4, -0.2) is 58.1 Å². The number of nitrogens with one attached hydrogen (secondary N) is 3. The number of hydrogen-bond acceptors (Lipinski definition) is 8. The Bertz CT molecular complexity index is 1350. The second-order valence-corrected chi connectivity index (χ2v) is 13.7. The van der Waals surface area contributed by atoms with E-state index in [0.717, 1.165) is 60.9 Å². The Labute approximate surface area is 260 Å². The number of carbonyl (C=O) groups excluding carboxylic acids is 1. The highest BCUT2D eigenvalue weighted by Crippen LogP contribution is 2.50. The fourth-order valence-corrected chi connectivity index (χ4v) is 6.94. The Morgan fingerprint density at radius 1 is 1.14 bits per heavy atom. The monoisotopic (exact) mass is 607 g/mol. The first-order valence-corrected chi connectivity index (χ1v) is 15.9. The molecule has 43 heavy (non-hydrogen) atoms. The van der Waals surface area contributed by atoms with Crippen molar-refractivity contribution in [3.8, 4) is 0 Å². The van der Waals surface area contributed by atoms with Gasteiger partial charge in [0.2, 0.25) is 0 Å². The predicted octanol–water partition coefficient (Wildman–Crippen LogP) is 5.34. The Morgan fingerprint density at radius 2 is 1.84 bits per heavy atom. The summed E-state index contributed by atoms with van der Waals surface area (Å²) in [5.74, 6) is 0.562. The number of aliphatic imine (C=N–C) groups is 1. The van der Waals surface area contributed by atoms with E-state index in [1.165, 1.54) is 0 Å². The minimum absolute atomic E-state index is 0.0259. The first-order chi connectivity index (χ1) is 20.5. The standard InChI is InChI=1S/C33H46ClN7O2/c1-6-8-28(22-11-13-23(14-12-22)30(42)35-20-27-21-40(5)39-38-37-27)41-31(43)29(24-9-7-10-26(34)19-24)36-33(41)17-15-25(16-18-33)32(2,3)4/h7,9-14,19,25,28,30,35,38-39,42H,6,8,15-18,20-21H2,1-5H3. The van der Waals surface area contributed by atoms with Crippen molar-refractivity contribution in [3.05, 3.63) is 70.2 Å². The summed E-state index contributed by atoms with van der Waals surface area (Å²) in [5, 5.41) is 20.7. The summed E-state index contributed by atoms with van der Waals surface area (Å²) in [6.07, 6.45) is 4.65. The molecule has 2 aromatic rings. The Balaban J connectivity index is 1.41. The van der Waals surface area contributed by atoms with Gasteiger partial charge < -0.3 is 10.0 Å². The quantitative estimate of drug-likeness (QED) is 0.287. The maximum absolute atomic E-state index is 14.4. The lowest BCUT2D eigenvalue weighted by Crippen LogP contribution is -2.51. The van der Waals surface area contributed by atoms with Crippen LogP contribution in [0.25, 0.3) is 0 Å². The number of hydrazine groups is 2. The van der Waals surface area contributed by atoms with E-state index in [1.807, 2.05) is 48.5 Å². The van der Waals surface area contributed by atoms with Gasteiger partial charge in [0.15, 0.2) is 0 Å². The van der Waals surface area contributed by atoms with Crippen molar-refractivity contribution in [2.45, 2.75) is 84.2 Å². The minimum Gasteiger partial charge on any atom is -0.374 e. The van der Waals surface area contributed by atoms with E-state index in [-0.39, 0.29) is 17.4 Å². The summed E-state index contributed by atoms with van der Waals surface area (Å²) in [6.45, 7) is 10.2. The summed E-state index contributed by atoms with van der Waals surface area (Å²) >= 11 is 6.36. The minimum atomic E-state index is -0.841. The van der Waals surface area contributed by atoms with E-state index in [9.17, 15) is 9.90 Å². The van der Waals surface area contributed by atoms with Gasteiger partial charge in [-0.3, -0.25) is 15.1 Å². The average Bonchev–Trinajstić information content (AvgIpc) is 3.25. The van der Waals surface area contributed by atoms with Gasteiger partial charge in [0.25, 0.3) is 5.91 Å². The van der Waals surface area contributed by atoms with Crippen molar-refractivity contribution in [3.63, 3.8) is 0 Å². The Morgan fingerprint density at radius 3 is 2.47 bits per heavy atom. The van der Waals surface area contributed by atoms with Crippen LogP contribution in [0.1, 0.15) is 95.2 Å². The number of amides is 1. The lowest BCUT2D eigenvalue weighted by atomic mass is 9.69. The molecular formula is C33H46ClN7O2. The molecular weight excluding hydrogens is 562 g/mol. The Kier molecular flexibility index (Phi) is 9.58. The van der Waals surface area contributed by atoms with Crippen molar-refractivity contribution in [2.75, 3.05) is 20.1 Å². The molecule has 2 aliphatic heterocycles. The lowest BCUT2D eigenvalue weighted by molar-refractivity contribution is -0.133. The number of benzene rings is 2. The van der Waals surface area contributed by atoms with E-state index in [1.54, 1.807) is 0 Å². The van der Waals surface area contributed by atoms with Gasteiger partial charge in [0.05, 0.1) is 18.3 Å². The third-order valence-electron chi connectivity index (χ3n) is 9.18. The molecule has 2 unspecified atom stereocenters. The molecule has 1 saturated carbocycles. The maximum atomic E-state index is 14.4. The van der Waals surface area contributed by atoms with E-state index >= 15 is 0 Å². The Hall–Kier alpha value is -2.82. The van der Waals surface area contributed by atoms with Gasteiger partial charge in [0.1, 0.15) is 17.6 Å². The van der Waals surface area contributed by atoms with Crippen molar-refractivity contribution >= 4 is 28.9 Å². The van der Waals surface area contributed by atoms with E-state index in [2.05, 4.69) is 66.2 Å². The number of hydrogen-bond donors (Lipinski definition) is 4.